The molecule has 0 fully saturated rings. The quantitative estimate of drug-likeness (QED) is 0.624. The summed E-state index contributed by atoms with van der Waals surface area (Å²) < 4.78 is 4.80. The Morgan fingerprint density at radius 2 is 2.13 bits per heavy atom. The Labute approximate surface area is 93.4 Å². The van der Waals surface area contributed by atoms with E-state index in [9.17, 15) is 9.59 Å². The maximum Gasteiger partial charge on any atom is 0.320 e. The van der Waals surface area contributed by atoms with E-state index in [1.807, 2.05) is 0 Å². The van der Waals surface area contributed by atoms with Gasteiger partial charge >= 0.3 is 11.9 Å². The molecule has 0 saturated carbocycles. The highest BCUT2D eigenvalue weighted by Gasteiger charge is 2.16. The van der Waals surface area contributed by atoms with Crippen LogP contribution >= 0.6 is 11.8 Å². The number of ether oxygens (including phenoxy) is 1. The van der Waals surface area contributed by atoms with Gasteiger partial charge in [-0.2, -0.15) is 0 Å². The zero-order valence-electron chi connectivity index (χ0n) is 8.93. The van der Waals surface area contributed by atoms with Crippen LogP contribution in [0.15, 0.2) is 0 Å². The van der Waals surface area contributed by atoms with E-state index < -0.39 is 12.0 Å². The van der Waals surface area contributed by atoms with Crippen molar-refractivity contribution in [3.8, 4) is 0 Å². The van der Waals surface area contributed by atoms with Crippen LogP contribution < -0.4 is 5.73 Å². The van der Waals surface area contributed by atoms with Gasteiger partial charge in [-0.25, -0.2) is 0 Å². The number of thioether (sulfide) groups is 1. The monoisotopic (exact) mass is 235 g/mol. The molecule has 0 aromatic carbocycles. The number of carbonyl (C=O) groups excluding carboxylic acids is 1. The maximum absolute atomic E-state index is 11.2. The fourth-order valence-corrected chi connectivity index (χ4v) is 1.77. The van der Waals surface area contributed by atoms with E-state index in [-0.39, 0.29) is 11.2 Å². The van der Waals surface area contributed by atoms with Crippen LogP contribution in [-0.2, 0) is 14.3 Å². The lowest BCUT2D eigenvalue weighted by Gasteiger charge is -2.11. The Morgan fingerprint density at radius 1 is 1.53 bits per heavy atom. The van der Waals surface area contributed by atoms with Gasteiger partial charge in [0.2, 0.25) is 0 Å². The Kier molecular flexibility index (Phi) is 7.15. The summed E-state index contributed by atoms with van der Waals surface area (Å²) in [6.45, 7) is 3.84. The Morgan fingerprint density at radius 3 is 2.60 bits per heavy atom. The van der Waals surface area contributed by atoms with Gasteiger partial charge < -0.3 is 15.6 Å². The lowest BCUT2D eigenvalue weighted by atomic mass is 10.2. The van der Waals surface area contributed by atoms with Crippen molar-refractivity contribution in [3.63, 3.8) is 0 Å². The predicted octanol–water partition coefficient (Wildman–Crippen LogP) is 0.473. The molecule has 0 spiro atoms. The normalized spacial score (nSPS) is 14.3. The molecule has 15 heavy (non-hydrogen) atoms. The van der Waals surface area contributed by atoms with Crippen LogP contribution in [0, 0.1) is 0 Å². The van der Waals surface area contributed by atoms with Gasteiger partial charge in [-0.15, -0.1) is 11.8 Å². The number of rotatable bonds is 7. The largest absolute Gasteiger partial charge is 0.480 e. The van der Waals surface area contributed by atoms with Crippen LogP contribution in [-0.4, -0.2) is 40.7 Å². The second-order valence-electron chi connectivity index (χ2n) is 3.00. The zero-order chi connectivity index (χ0) is 11.8. The number of aliphatic carboxylic acids is 1. The zero-order valence-corrected chi connectivity index (χ0v) is 9.75. The van der Waals surface area contributed by atoms with Crippen molar-refractivity contribution in [1.29, 1.82) is 0 Å². The molecular formula is C9H17NO4S. The number of carbonyl (C=O) groups is 2. The van der Waals surface area contributed by atoms with Crippen molar-refractivity contribution in [2.45, 2.75) is 31.6 Å². The summed E-state index contributed by atoms with van der Waals surface area (Å²) in [7, 11) is 0. The average Bonchev–Trinajstić information content (AvgIpc) is 2.17. The second kappa shape index (κ2) is 7.53. The average molecular weight is 235 g/mol. The van der Waals surface area contributed by atoms with Gasteiger partial charge in [-0.3, -0.25) is 9.59 Å². The number of esters is 1. The van der Waals surface area contributed by atoms with Gasteiger partial charge in [-0.05, 0) is 26.0 Å². The van der Waals surface area contributed by atoms with Gasteiger partial charge in [0.05, 0.1) is 11.9 Å². The topological polar surface area (TPSA) is 89.6 Å². The third kappa shape index (κ3) is 6.35. The molecule has 0 aromatic rings. The molecule has 6 heteroatoms. The van der Waals surface area contributed by atoms with Gasteiger partial charge in [0, 0.05) is 0 Å². The molecule has 0 saturated heterocycles. The summed E-state index contributed by atoms with van der Waals surface area (Å²) in [5, 5.41) is 8.24. The summed E-state index contributed by atoms with van der Waals surface area (Å²) in [6, 6.07) is -0.855. The molecule has 0 bridgehead atoms. The third-order valence-electron chi connectivity index (χ3n) is 1.73. The molecule has 5 nitrogen and oxygen atoms in total. The summed E-state index contributed by atoms with van der Waals surface area (Å²) in [5.74, 6) is -0.751. The molecule has 2 atom stereocenters. The van der Waals surface area contributed by atoms with Crippen LogP contribution in [0.1, 0.15) is 20.3 Å². The lowest BCUT2D eigenvalue weighted by Crippen LogP contribution is -2.31. The van der Waals surface area contributed by atoms with E-state index in [2.05, 4.69) is 0 Å². The first-order valence-electron chi connectivity index (χ1n) is 4.75. The van der Waals surface area contributed by atoms with E-state index in [1.165, 1.54) is 11.8 Å². The fraction of sp³-hybridized carbons (Fsp3) is 0.778. The lowest BCUT2D eigenvalue weighted by molar-refractivity contribution is -0.142. The third-order valence-corrected chi connectivity index (χ3v) is 2.90. The first-order valence-corrected chi connectivity index (χ1v) is 5.80. The summed E-state index contributed by atoms with van der Waals surface area (Å²) in [5.41, 5.74) is 5.31. The molecule has 0 heterocycles. The fourth-order valence-electron chi connectivity index (χ4n) is 0.823. The molecule has 3 N–H and O–H groups in total. The smallest absolute Gasteiger partial charge is 0.320 e. The summed E-state index contributed by atoms with van der Waals surface area (Å²) in [4.78, 5) is 21.5. The Hall–Kier alpha value is -0.750. The predicted molar refractivity (Wildman–Crippen MR) is 58.8 cm³/mol. The van der Waals surface area contributed by atoms with E-state index in [0.717, 1.165) is 0 Å². The van der Waals surface area contributed by atoms with Crippen molar-refractivity contribution >= 4 is 23.7 Å². The van der Waals surface area contributed by atoms with Crippen molar-refractivity contribution in [2.24, 2.45) is 5.73 Å². The van der Waals surface area contributed by atoms with Gasteiger partial charge in [0.1, 0.15) is 6.04 Å². The molecular weight excluding hydrogens is 218 g/mol. The molecule has 0 aliphatic carbocycles. The molecule has 0 rings (SSSR count). The van der Waals surface area contributed by atoms with Gasteiger partial charge in [0.15, 0.2) is 0 Å². The Balaban J connectivity index is 3.67. The van der Waals surface area contributed by atoms with E-state index in [1.54, 1.807) is 13.8 Å². The number of nitrogens with two attached hydrogens (primary N) is 1. The first kappa shape index (κ1) is 14.2. The van der Waals surface area contributed by atoms with E-state index in [0.29, 0.717) is 18.8 Å². The van der Waals surface area contributed by atoms with Crippen molar-refractivity contribution in [1.82, 2.24) is 0 Å². The highest BCUT2D eigenvalue weighted by Crippen LogP contribution is 2.13. The number of carboxylic acids is 1. The van der Waals surface area contributed by atoms with Crippen LogP contribution in [0.3, 0.4) is 0 Å². The summed E-state index contributed by atoms with van der Waals surface area (Å²) in [6.07, 6.45) is 0.351. The van der Waals surface area contributed by atoms with E-state index in [4.69, 9.17) is 15.6 Å². The van der Waals surface area contributed by atoms with E-state index >= 15 is 0 Å². The minimum atomic E-state index is -1.01. The molecule has 2 unspecified atom stereocenters. The minimum Gasteiger partial charge on any atom is -0.480 e. The molecule has 0 aliphatic rings. The minimum absolute atomic E-state index is 0.272. The first-order chi connectivity index (χ1) is 6.99. The SMILES string of the molecule is CCOC(=O)C(C)SCCC(N)C(=O)O. The number of hydrogen-bond donors (Lipinski definition) is 2. The Bertz CT molecular complexity index is 222. The maximum atomic E-state index is 11.2. The molecule has 88 valence electrons. The standard InChI is InChI=1S/C9H17NO4S/c1-3-14-9(13)6(2)15-5-4-7(10)8(11)12/h6-7H,3-5,10H2,1-2H3,(H,11,12). The van der Waals surface area contributed by atoms with Crippen LogP contribution in [0.2, 0.25) is 0 Å². The number of carboxylic acid groups (broad SMARTS) is 1. The van der Waals surface area contributed by atoms with Crippen molar-refractivity contribution in [2.75, 3.05) is 12.4 Å². The van der Waals surface area contributed by atoms with Crippen LogP contribution in [0.4, 0.5) is 0 Å². The van der Waals surface area contributed by atoms with Gasteiger partial charge in [0.25, 0.3) is 0 Å². The van der Waals surface area contributed by atoms with Crippen LogP contribution in [0.5, 0.6) is 0 Å². The molecule has 0 aromatic heterocycles. The second-order valence-corrected chi connectivity index (χ2v) is 4.45. The number of hydrogen-bond acceptors (Lipinski definition) is 5. The highest BCUT2D eigenvalue weighted by molar-refractivity contribution is 8.00. The highest BCUT2D eigenvalue weighted by atomic mass is 32.2. The van der Waals surface area contributed by atoms with Crippen LogP contribution in [0.25, 0.3) is 0 Å². The summed E-state index contributed by atoms with van der Waals surface area (Å²) >= 11 is 1.35. The molecule has 0 amide bonds. The molecule has 0 aliphatic heterocycles. The molecule has 0 radical (unpaired) electrons. The van der Waals surface area contributed by atoms with Gasteiger partial charge in [-0.1, -0.05) is 0 Å². The van der Waals surface area contributed by atoms with Crippen molar-refractivity contribution in [3.05, 3.63) is 0 Å². The van der Waals surface area contributed by atoms with Crippen molar-refractivity contribution < 1.29 is 19.4 Å².